The van der Waals surface area contributed by atoms with Crippen LogP contribution in [0.4, 0.5) is 4.79 Å². The summed E-state index contributed by atoms with van der Waals surface area (Å²) in [6, 6.07) is 17.3. The predicted molar refractivity (Wildman–Crippen MR) is 153 cm³/mol. The molecule has 3 rings (SSSR count). The number of likely N-dealkylation sites (tertiary alicyclic amines) is 1. The van der Waals surface area contributed by atoms with Crippen molar-refractivity contribution in [1.82, 2.24) is 15.5 Å². The third-order valence-corrected chi connectivity index (χ3v) is 7.24. The Labute approximate surface area is 228 Å². The van der Waals surface area contributed by atoms with Gasteiger partial charge in [-0.05, 0) is 70.7 Å². The summed E-state index contributed by atoms with van der Waals surface area (Å²) >= 11 is 0. The van der Waals surface area contributed by atoms with Gasteiger partial charge in [-0.3, -0.25) is 0 Å². The topological polar surface area (TPSA) is 83.1 Å². The van der Waals surface area contributed by atoms with Gasteiger partial charge in [-0.25, -0.2) is 4.79 Å². The molecule has 3 atom stereocenters. The van der Waals surface area contributed by atoms with E-state index in [0.29, 0.717) is 38.4 Å². The zero-order valence-electron chi connectivity index (χ0n) is 23.2. The Morgan fingerprint density at radius 1 is 1.18 bits per heavy atom. The highest BCUT2D eigenvalue weighted by Gasteiger charge is 2.43. The molecule has 2 aromatic rings. The minimum absolute atomic E-state index is 0.0293. The maximum atomic E-state index is 13.3. The zero-order valence-corrected chi connectivity index (χ0v) is 23.2. The highest BCUT2D eigenvalue weighted by Crippen LogP contribution is 2.44. The first kappa shape index (κ1) is 29.7. The predicted octanol–water partition coefficient (Wildman–Crippen LogP) is 5.46. The Balaban J connectivity index is 1.85. The number of carbonyl (C=O) groups is 1. The molecule has 208 valence electrons. The normalized spacial score (nSPS) is 17.9. The molecule has 0 aliphatic carbocycles. The lowest BCUT2D eigenvalue weighted by molar-refractivity contribution is -0.0575. The van der Waals surface area contributed by atoms with E-state index in [2.05, 4.69) is 17.2 Å². The highest BCUT2D eigenvalue weighted by molar-refractivity contribution is 5.74. The van der Waals surface area contributed by atoms with Crippen LogP contribution >= 0.6 is 0 Å². The largest absolute Gasteiger partial charge is 0.457 e. The van der Waals surface area contributed by atoms with Crippen LogP contribution in [0.1, 0.15) is 51.0 Å². The molecule has 7 nitrogen and oxygen atoms in total. The molecule has 1 fully saturated rings. The Bertz CT molecular complexity index is 1020. The molecule has 0 unspecified atom stereocenters. The number of urea groups is 1. The number of benzene rings is 2. The van der Waals surface area contributed by atoms with E-state index in [1.165, 1.54) is 0 Å². The van der Waals surface area contributed by atoms with Gasteiger partial charge in [0.15, 0.2) is 0 Å². The maximum Gasteiger partial charge on any atom is 0.317 e. The van der Waals surface area contributed by atoms with Gasteiger partial charge in [0.1, 0.15) is 11.5 Å². The second-order valence-electron chi connectivity index (χ2n) is 10.4. The van der Waals surface area contributed by atoms with Crippen LogP contribution in [0.2, 0.25) is 0 Å². The van der Waals surface area contributed by atoms with E-state index in [9.17, 15) is 9.90 Å². The summed E-state index contributed by atoms with van der Waals surface area (Å²) in [5, 5.41) is 18.8. The number of piperidine rings is 1. The van der Waals surface area contributed by atoms with E-state index >= 15 is 0 Å². The van der Waals surface area contributed by atoms with Gasteiger partial charge in [0.2, 0.25) is 0 Å². The van der Waals surface area contributed by atoms with Gasteiger partial charge in [-0.15, -0.1) is 6.58 Å². The van der Waals surface area contributed by atoms with Crippen molar-refractivity contribution in [2.24, 2.45) is 5.92 Å². The van der Waals surface area contributed by atoms with Crippen LogP contribution in [0.5, 0.6) is 11.5 Å². The highest BCUT2D eigenvalue weighted by atomic mass is 16.5. The Morgan fingerprint density at radius 2 is 1.92 bits per heavy atom. The Hall–Kier alpha value is -2.87. The lowest BCUT2D eigenvalue weighted by atomic mass is 9.73. The molecule has 38 heavy (non-hydrogen) atoms. The van der Waals surface area contributed by atoms with Crippen LogP contribution in [0.3, 0.4) is 0 Å². The average molecular weight is 524 g/mol. The van der Waals surface area contributed by atoms with Gasteiger partial charge in [0.05, 0.1) is 5.60 Å². The number of unbranched alkanes of at least 4 members (excludes halogenated alkanes) is 1. The quantitative estimate of drug-likeness (QED) is 0.226. The molecule has 0 saturated carbocycles. The number of nitrogens with zero attached hydrogens (tertiary/aromatic N) is 1. The molecule has 2 aromatic carbocycles. The Kier molecular flexibility index (Phi) is 11.6. The van der Waals surface area contributed by atoms with Gasteiger partial charge >= 0.3 is 6.03 Å². The Morgan fingerprint density at radius 3 is 2.63 bits per heavy atom. The monoisotopic (exact) mass is 523 g/mol. The first-order chi connectivity index (χ1) is 18.4. The molecule has 1 aliphatic rings. The standard InChI is InChI=1S/C31H45N3O4/c1-24(2)21-26(22-32-3)33-30(35)34-19-12-13-25(23-34)31(36,18-10-11-20-37-4)28-16-8-9-17-29(28)38-27-14-6-5-7-15-27/h5-9,14-17,25-26,32,36H,1,10-13,18-23H2,2-4H3,(H,33,35)/t25-,26+,31+/m1/s1. The SMILES string of the molecule is C=C(C)C[C@@H](CNC)NC(=O)N1CCC[C@@H]([C@@](O)(CCCCOC)c2ccccc2Oc2ccccc2)C1. The van der Waals surface area contributed by atoms with E-state index in [-0.39, 0.29) is 18.0 Å². The summed E-state index contributed by atoms with van der Waals surface area (Å²) in [5.41, 5.74) is 0.645. The summed E-state index contributed by atoms with van der Waals surface area (Å²) in [4.78, 5) is 15.2. The molecule has 0 spiro atoms. The summed E-state index contributed by atoms with van der Waals surface area (Å²) in [7, 11) is 3.58. The van der Waals surface area contributed by atoms with Crippen LogP contribution < -0.4 is 15.4 Å². The molecule has 1 aliphatic heterocycles. The number of likely N-dealkylation sites (N-methyl/N-ethyl adjacent to an activating group) is 1. The van der Waals surface area contributed by atoms with Crippen LogP contribution in [-0.4, -0.2) is 62.5 Å². The van der Waals surface area contributed by atoms with Gasteiger partial charge < -0.3 is 30.1 Å². The zero-order chi connectivity index (χ0) is 27.4. The maximum absolute atomic E-state index is 13.3. The molecular formula is C31H45N3O4. The van der Waals surface area contributed by atoms with Gasteiger partial charge in [0.25, 0.3) is 0 Å². The van der Waals surface area contributed by atoms with Crippen molar-refractivity contribution < 1.29 is 19.4 Å². The number of amides is 2. The first-order valence-corrected chi connectivity index (χ1v) is 13.8. The number of rotatable bonds is 14. The molecule has 1 saturated heterocycles. The molecule has 0 radical (unpaired) electrons. The fourth-order valence-corrected chi connectivity index (χ4v) is 5.39. The molecule has 2 amide bonds. The van der Waals surface area contributed by atoms with Crippen LogP contribution in [0.15, 0.2) is 66.7 Å². The van der Waals surface area contributed by atoms with Gasteiger partial charge in [0, 0.05) is 50.9 Å². The number of aliphatic hydroxyl groups is 1. The lowest BCUT2D eigenvalue weighted by Gasteiger charge is -2.43. The molecule has 7 heteroatoms. The van der Waals surface area contributed by atoms with Crippen molar-refractivity contribution in [1.29, 1.82) is 0 Å². The van der Waals surface area contributed by atoms with Gasteiger partial charge in [-0.2, -0.15) is 0 Å². The first-order valence-electron chi connectivity index (χ1n) is 13.8. The third-order valence-electron chi connectivity index (χ3n) is 7.24. The number of hydrogen-bond donors (Lipinski definition) is 3. The molecule has 1 heterocycles. The van der Waals surface area contributed by atoms with Crippen molar-refractivity contribution in [3.63, 3.8) is 0 Å². The average Bonchev–Trinajstić information content (AvgIpc) is 2.92. The van der Waals surface area contributed by atoms with Crippen molar-refractivity contribution in [3.8, 4) is 11.5 Å². The number of nitrogens with one attached hydrogen (secondary N) is 2. The van der Waals surface area contributed by atoms with Crippen molar-refractivity contribution in [2.75, 3.05) is 40.4 Å². The number of hydrogen-bond acceptors (Lipinski definition) is 5. The van der Waals surface area contributed by atoms with E-state index in [1.54, 1.807) is 7.11 Å². The lowest BCUT2D eigenvalue weighted by Crippen LogP contribution is -2.53. The van der Waals surface area contributed by atoms with Gasteiger partial charge in [-0.1, -0.05) is 42.0 Å². The smallest absolute Gasteiger partial charge is 0.317 e. The molecule has 0 aromatic heterocycles. The number of para-hydroxylation sites is 2. The fourth-order valence-electron chi connectivity index (χ4n) is 5.39. The van der Waals surface area contributed by atoms with E-state index < -0.39 is 5.60 Å². The van der Waals surface area contributed by atoms with Crippen LogP contribution in [-0.2, 0) is 10.3 Å². The van der Waals surface area contributed by atoms with E-state index in [0.717, 1.165) is 49.0 Å². The second kappa shape index (κ2) is 14.9. The van der Waals surface area contributed by atoms with E-state index in [1.807, 2.05) is 73.5 Å². The third kappa shape index (κ3) is 8.32. The van der Waals surface area contributed by atoms with Crippen LogP contribution in [0, 0.1) is 5.92 Å². The van der Waals surface area contributed by atoms with Crippen molar-refractivity contribution >= 4 is 6.03 Å². The summed E-state index contributed by atoms with van der Waals surface area (Å²) in [6.07, 6.45) is 4.59. The summed E-state index contributed by atoms with van der Waals surface area (Å²) < 4.78 is 11.5. The van der Waals surface area contributed by atoms with Crippen LogP contribution in [0.25, 0.3) is 0 Å². The van der Waals surface area contributed by atoms with Crippen molar-refractivity contribution in [2.45, 2.75) is 57.1 Å². The molecule has 3 N–H and O–H groups in total. The minimum atomic E-state index is -1.15. The number of ether oxygens (including phenoxy) is 2. The minimum Gasteiger partial charge on any atom is -0.457 e. The molecular weight excluding hydrogens is 478 g/mol. The van der Waals surface area contributed by atoms with E-state index in [4.69, 9.17) is 9.47 Å². The summed E-state index contributed by atoms with van der Waals surface area (Å²) in [6.45, 7) is 8.45. The fraction of sp³-hybridized carbons (Fsp3) is 0.516. The summed E-state index contributed by atoms with van der Waals surface area (Å²) in [5.74, 6) is 1.23. The molecule has 0 bridgehead atoms. The second-order valence-corrected chi connectivity index (χ2v) is 10.4. The number of methoxy groups -OCH3 is 1. The number of carbonyl (C=O) groups excluding carboxylic acids is 1. The van der Waals surface area contributed by atoms with Crippen molar-refractivity contribution in [3.05, 3.63) is 72.3 Å².